The van der Waals surface area contributed by atoms with Gasteiger partial charge in [0, 0.05) is 52.1 Å². The summed E-state index contributed by atoms with van der Waals surface area (Å²) in [5, 5.41) is 106. The number of fused-ring (bicyclic) bond motifs is 2. The molecule has 4 aromatic rings. The summed E-state index contributed by atoms with van der Waals surface area (Å²) in [7, 11) is 0. The number of aliphatic hydroxyl groups is 10. The fourth-order valence-electron chi connectivity index (χ4n) is 8.58. The molecule has 1 aliphatic carbocycles. The van der Waals surface area contributed by atoms with Crippen LogP contribution in [-0.2, 0) is 18.9 Å². The van der Waals surface area contributed by atoms with E-state index in [0.29, 0.717) is 34.7 Å². The first-order valence-electron chi connectivity index (χ1n) is 21.1. The molecule has 0 bridgehead atoms. The number of allylic oxidation sites excluding steroid dienone is 3. The van der Waals surface area contributed by atoms with Crippen LogP contribution < -0.4 is 20.7 Å². The number of rotatable bonds is 11. The third-order valence-corrected chi connectivity index (χ3v) is 12.6. The van der Waals surface area contributed by atoms with Crippen LogP contribution in [0, 0.1) is 5.41 Å². The van der Waals surface area contributed by atoms with Gasteiger partial charge in [0.1, 0.15) is 89.8 Å². The van der Waals surface area contributed by atoms with Crippen LogP contribution in [0.3, 0.4) is 0 Å². The molecule has 0 radical (unpaired) electrons. The highest BCUT2D eigenvalue weighted by molar-refractivity contribution is 5.83. The van der Waals surface area contributed by atoms with Crippen LogP contribution in [0.5, 0.6) is 11.5 Å². The highest BCUT2D eigenvalue weighted by Crippen LogP contribution is 2.51. The van der Waals surface area contributed by atoms with E-state index in [-0.39, 0.29) is 29.3 Å². The van der Waals surface area contributed by atoms with Gasteiger partial charge in [0.2, 0.25) is 12.6 Å². The van der Waals surface area contributed by atoms with E-state index in [4.69, 9.17) is 37.3 Å². The number of hydrogen-bond acceptors (Lipinski definition) is 20. The highest BCUT2D eigenvalue weighted by Gasteiger charge is 2.48. The van der Waals surface area contributed by atoms with Crippen LogP contribution in [0.2, 0.25) is 0 Å². The molecular weight excluding hydrogens is 860 g/mol. The second-order valence-corrected chi connectivity index (χ2v) is 17.2. The fourth-order valence-corrected chi connectivity index (χ4v) is 8.58. The zero-order chi connectivity index (χ0) is 46.5. The van der Waals surface area contributed by atoms with Gasteiger partial charge in [-0.2, -0.15) is 0 Å². The Morgan fingerprint density at radius 1 is 0.692 bits per heavy atom. The Hall–Kier alpha value is -4.62. The molecule has 20 heteroatoms. The van der Waals surface area contributed by atoms with Crippen LogP contribution in [0.25, 0.3) is 28.0 Å². The maximum Gasteiger partial charge on any atom is 0.336 e. The maximum absolute atomic E-state index is 12.4. The van der Waals surface area contributed by atoms with Crippen LogP contribution in [0.15, 0.2) is 84.7 Å². The Bertz CT molecular complexity index is 2520. The van der Waals surface area contributed by atoms with Gasteiger partial charge >= 0.3 is 11.3 Å². The van der Waals surface area contributed by atoms with Crippen molar-refractivity contribution in [3.63, 3.8) is 0 Å². The molecule has 3 fully saturated rings. The van der Waals surface area contributed by atoms with Crippen molar-refractivity contribution in [3.05, 3.63) is 98.2 Å². The van der Waals surface area contributed by atoms with E-state index < -0.39 is 122 Å². The van der Waals surface area contributed by atoms with Crippen molar-refractivity contribution in [1.29, 1.82) is 0 Å². The minimum absolute atomic E-state index is 0.0564. The summed E-state index contributed by atoms with van der Waals surface area (Å²) in [5.74, 6) is -0.389. The first-order valence-corrected chi connectivity index (χ1v) is 21.1. The molecule has 2 aromatic heterocycles. The van der Waals surface area contributed by atoms with Crippen LogP contribution in [-0.4, -0.2) is 157 Å². The summed E-state index contributed by atoms with van der Waals surface area (Å²) >= 11 is 0. The third-order valence-electron chi connectivity index (χ3n) is 12.6. The molecule has 16 atom stereocenters. The smallest absolute Gasteiger partial charge is 0.336 e. The zero-order valence-corrected chi connectivity index (χ0v) is 35.1. The standard InChI is InChI=1S/C45H52O20/c1-19-7-9-45(2,10-8-22-12-20-3-5-32(48)60-26(20)14-28(22)62-43-40(56)37(53)35(51)30(16-46)64-43)24(11-19)23-13-21-4-6-33(49)61-27(21)15-29(23)63-44-41(57)38(54)36(52)31(65-44)18-59-42-39(55)34(50)25(47)17-58-42/h3-6,8,10-15,24-25,30-31,34-44,46-47,50-57H,7,9,16-18H2,1-2H3/b10-8+/t24-,25-,30-,31-,34+,35-,36-,37+,38+,39-,40-,41-,42?,43-,44-,45+/m1/s1. The SMILES string of the molecule is CC1=C[C@H](c2cc3ccc(=O)oc3cc2O[C@@H]2O[C@H](COC3OC[C@@H](O)[C@H](O)[C@H]3O)[C@@H](O)[C@H](O)[C@H]2O)[C@](C)(/C=C/c2cc3ccc(=O)oc3cc2O[C@@H]2O[C@H](CO)[C@@H](O)[C@H](O)[C@H]2O)CC1. The van der Waals surface area contributed by atoms with Crippen LogP contribution >= 0.6 is 0 Å². The van der Waals surface area contributed by atoms with Gasteiger partial charge in [-0.05, 0) is 49.4 Å². The van der Waals surface area contributed by atoms with Crippen molar-refractivity contribution >= 4 is 28.0 Å². The van der Waals surface area contributed by atoms with E-state index in [2.05, 4.69) is 0 Å². The van der Waals surface area contributed by atoms with Crippen LogP contribution in [0.1, 0.15) is 43.7 Å². The maximum atomic E-state index is 12.4. The molecule has 0 saturated carbocycles. The van der Waals surface area contributed by atoms with Crippen LogP contribution in [0.4, 0.5) is 0 Å². The second-order valence-electron chi connectivity index (χ2n) is 17.2. The average Bonchev–Trinajstić information content (AvgIpc) is 3.28. The van der Waals surface area contributed by atoms with Crippen molar-refractivity contribution in [1.82, 2.24) is 0 Å². The van der Waals surface area contributed by atoms with E-state index in [1.165, 1.54) is 24.3 Å². The zero-order valence-electron chi connectivity index (χ0n) is 35.1. The Balaban J connectivity index is 1.14. The molecule has 0 spiro atoms. The fraction of sp³-hybridized carbons (Fsp3) is 0.511. The van der Waals surface area contributed by atoms with Gasteiger partial charge in [-0.15, -0.1) is 0 Å². The summed E-state index contributed by atoms with van der Waals surface area (Å²) in [4.78, 5) is 24.6. The van der Waals surface area contributed by atoms with E-state index in [1.807, 2.05) is 26.0 Å². The number of hydrogen-bond donors (Lipinski definition) is 10. The molecule has 20 nitrogen and oxygen atoms in total. The lowest BCUT2D eigenvalue weighted by Gasteiger charge is -2.42. The predicted molar refractivity (Wildman–Crippen MR) is 223 cm³/mol. The molecular formula is C45H52O20. The Labute approximate surface area is 369 Å². The first kappa shape index (κ1) is 46.9. The lowest BCUT2D eigenvalue weighted by Crippen LogP contribution is -2.61. The van der Waals surface area contributed by atoms with Gasteiger partial charge in [-0.1, -0.05) is 30.7 Å². The van der Waals surface area contributed by atoms with Crippen molar-refractivity contribution in [3.8, 4) is 11.5 Å². The van der Waals surface area contributed by atoms with Crippen molar-refractivity contribution < 1.29 is 88.3 Å². The van der Waals surface area contributed by atoms with Gasteiger partial charge in [0.25, 0.3) is 0 Å². The largest absolute Gasteiger partial charge is 0.462 e. The van der Waals surface area contributed by atoms with E-state index >= 15 is 0 Å². The van der Waals surface area contributed by atoms with Gasteiger partial charge in [-0.3, -0.25) is 0 Å². The Morgan fingerprint density at radius 3 is 1.91 bits per heavy atom. The molecule has 0 amide bonds. The summed E-state index contributed by atoms with van der Waals surface area (Å²) < 4.78 is 45.9. The molecule has 3 saturated heterocycles. The van der Waals surface area contributed by atoms with Crippen molar-refractivity contribution in [2.45, 2.75) is 119 Å². The minimum Gasteiger partial charge on any atom is -0.462 e. The topological polar surface area (TPSA) is 318 Å². The molecule has 8 rings (SSSR count). The summed E-state index contributed by atoms with van der Waals surface area (Å²) in [6.07, 6.45) is -15.4. The van der Waals surface area contributed by atoms with Gasteiger partial charge < -0.3 is 88.3 Å². The molecule has 352 valence electrons. The van der Waals surface area contributed by atoms with E-state index in [0.717, 1.165) is 5.57 Å². The molecule has 2 aromatic carbocycles. The van der Waals surface area contributed by atoms with Gasteiger partial charge in [0.15, 0.2) is 6.29 Å². The van der Waals surface area contributed by atoms with Crippen molar-refractivity contribution in [2.24, 2.45) is 5.41 Å². The lowest BCUT2D eigenvalue weighted by molar-refractivity contribution is -0.307. The summed E-state index contributed by atoms with van der Waals surface area (Å²) in [5.41, 5.74) is 0.180. The number of benzene rings is 2. The molecule has 10 N–H and O–H groups in total. The summed E-state index contributed by atoms with van der Waals surface area (Å²) in [6, 6.07) is 12.0. The van der Waals surface area contributed by atoms with Crippen molar-refractivity contribution in [2.75, 3.05) is 19.8 Å². The van der Waals surface area contributed by atoms with E-state index in [1.54, 1.807) is 30.3 Å². The first-order chi connectivity index (χ1) is 30.9. The number of ether oxygens (including phenoxy) is 6. The van der Waals surface area contributed by atoms with Gasteiger partial charge in [0.05, 0.1) is 19.8 Å². The molecule has 1 unspecified atom stereocenters. The van der Waals surface area contributed by atoms with E-state index in [9.17, 15) is 60.7 Å². The average molecular weight is 913 g/mol. The Morgan fingerprint density at radius 2 is 1.26 bits per heavy atom. The summed E-state index contributed by atoms with van der Waals surface area (Å²) in [6.45, 7) is 2.39. The predicted octanol–water partition coefficient (Wildman–Crippen LogP) is -0.736. The second kappa shape index (κ2) is 18.9. The lowest BCUT2D eigenvalue weighted by atomic mass is 9.66. The molecule has 3 aliphatic heterocycles. The molecule has 5 heterocycles. The monoisotopic (exact) mass is 912 g/mol. The third kappa shape index (κ3) is 9.51. The normalized spacial score (nSPS) is 36.8. The molecule has 65 heavy (non-hydrogen) atoms. The minimum atomic E-state index is -1.83. The molecule has 4 aliphatic rings. The van der Waals surface area contributed by atoms with Gasteiger partial charge in [-0.25, -0.2) is 9.59 Å². The number of aliphatic hydroxyl groups excluding tert-OH is 10. The highest BCUT2D eigenvalue weighted by atomic mass is 16.7. The Kier molecular flexibility index (Phi) is 13.7. The quantitative estimate of drug-likeness (QED) is 0.0655.